The second kappa shape index (κ2) is 7.40. The van der Waals surface area contributed by atoms with E-state index in [4.69, 9.17) is 9.84 Å². The molecule has 0 heterocycles. The fraction of sp³-hybridized carbons (Fsp3) is 0.529. The van der Waals surface area contributed by atoms with Crippen molar-refractivity contribution in [2.24, 2.45) is 0 Å². The van der Waals surface area contributed by atoms with Gasteiger partial charge in [-0.25, -0.2) is 4.79 Å². The number of hydrogen-bond donors (Lipinski definition) is 2. The van der Waals surface area contributed by atoms with Crippen LogP contribution in [0.1, 0.15) is 36.8 Å². The van der Waals surface area contributed by atoms with E-state index < -0.39 is 11.4 Å². The Morgan fingerprint density at radius 2 is 2.05 bits per heavy atom. The first-order valence-corrected chi connectivity index (χ1v) is 7.69. The van der Waals surface area contributed by atoms with E-state index in [2.05, 4.69) is 11.4 Å². The van der Waals surface area contributed by atoms with Gasteiger partial charge in [0.05, 0.1) is 12.0 Å². The first-order chi connectivity index (χ1) is 10.5. The number of carboxylic acids is 1. The molecule has 1 fully saturated rings. The van der Waals surface area contributed by atoms with Crippen LogP contribution in [0.25, 0.3) is 0 Å². The molecule has 1 aliphatic rings. The Morgan fingerprint density at radius 1 is 1.32 bits per heavy atom. The monoisotopic (exact) mass is 305 g/mol. The summed E-state index contributed by atoms with van der Waals surface area (Å²) in [7, 11) is 0. The van der Waals surface area contributed by atoms with Gasteiger partial charge in [0.15, 0.2) is 0 Å². The number of carboxylic acid groups (broad SMARTS) is 1. The Balaban J connectivity index is 1.98. The Labute approximate surface area is 130 Å². The lowest BCUT2D eigenvalue weighted by Gasteiger charge is -2.28. The molecule has 1 amide bonds. The molecule has 5 heteroatoms. The minimum atomic E-state index is -1.00. The van der Waals surface area contributed by atoms with Crippen molar-refractivity contribution < 1.29 is 19.4 Å². The fourth-order valence-corrected chi connectivity index (χ4v) is 3.13. The molecule has 0 aliphatic heterocycles. The van der Waals surface area contributed by atoms with Gasteiger partial charge in [0, 0.05) is 6.54 Å². The summed E-state index contributed by atoms with van der Waals surface area (Å²) in [6.45, 7) is 2.24. The van der Waals surface area contributed by atoms with Crippen LogP contribution in [0.15, 0.2) is 24.3 Å². The highest BCUT2D eigenvalue weighted by molar-refractivity contribution is 5.88. The number of nitrogens with one attached hydrogen (secondary N) is 1. The summed E-state index contributed by atoms with van der Waals surface area (Å²) in [6, 6.07) is 8.14. The second-order valence-corrected chi connectivity index (χ2v) is 5.86. The van der Waals surface area contributed by atoms with Crippen LogP contribution in [0.4, 0.5) is 0 Å². The number of amides is 1. The number of benzene rings is 1. The van der Waals surface area contributed by atoms with Gasteiger partial charge in [-0.2, -0.15) is 0 Å². The molecule has 0 radical (unpaired) electrons. The summed E-state index contributed by atoms with van der Waals surface area (Å²) >= 11 is 0. The van der Waals surface area contributed by atoms with Crippen LogP contribution in [0.2, 0.25) is 0 Å². The molecule has 22 heavy (non-hydrogen) atoms. The van der Waals surface area contributed by atoms with Crippen molar-refractivity contribution in [1.29, 1.82) is 0 Å². The van der Waals surface area contributed by atoms with Crippen molar-refractivity contribution in [1.82, 2.24) is 5.32 Å². The van der Waals surface area contributed by atoms with Gasteiger partial charge >= 0.3 is 5.97 Å². The molecule has 1 aliphatic carbocycles. The lowest BCUT2D eigenvalue weighted by molar-refractivity contribution is -0.142. The average Bonchev–Trinajstić information content (AvgIpc) is 2.97. The van der Waals surface area contributed by atoms with Crippen LogP contribution in [0.5, 0.6) is 0 Å². The maximum atomic E-state index is 12.7. The molecule has 0 unspecified atom stereocenters. The lowest BCUT2D eigenvalue weighted by Crippen LogP contribution is -2.43. The van der Waals surface area contributed by atoms with Crippen molar-refractivity contribution in [3.8, 4) is 0 Å². The summed E-state index contributed by atoms with van der Waals surface area (Å²) in [5.41, 5.74) is 1.79. The lowest BCUT2D eigenvalue weighted by atomic mass is 9.77. The highest BCUT2D eigenvalue weighted by Gasteiger charge is 2.42. The molecule has 0 spiro atoms. The van der Waals surface area contributed by atoms with E-state index in [1.165, 1.54) is 0 Å². The minimum Gasteiger partial charge on any atom is -0.480 e. The van der Waals surface area contributed by atoms with Gasteiger partial charge in [0.1, 0.15) is 6.61 Å². The van der Waals surface area contributed by atoms with Crippen LogP contribution in [-0.2, 0) is 19.7 Å². The van der Waals surface area contributed by atoms with Crippen molar-refractivity contribution >= 4 is 11.9 Å². The number of aryl methyl sites for hydroxylation is 1. The van der Waals surface area contributed by atoms with Crippen LogP contribution in [0, 0.1) is 6.92 Å². The predicted octanol–water partition coefficient (Wildman–Crippen LogP) is 2.02. The quantitative estimate of drug-likeness (QED) is 0.756. The molecule has 1 saturated carbocycles. The third kappa shape index (κ3) is 3.85. The molecule has 120 valence electrons. The SMILES string of the molecule is Cc1cccc(C2(C(=O)NCCOCC(=O)O)CCCC2)c1. The molecule has 5 nitrogen and oxygen atoms in total. The van der Waals surface area contributed by atoms with E-state index in [9.17, 15) is 9.59 Å². The third-order valence-electron chi connectivity index (χ3n) is 4.22. The van der Waals surface area contributed by atoms with E-state index >= 15 is 0 Å². The van der Waals surface area contributed by atoms with Gasteiger partial charge in [-0.15, -0.1) is 0 Å². The largest absolute Gasteiger partial charge is 0.480 e. The van der Waals surface area contributed by atoms with E-state index in [1.807, 2.05) is 25.1 Å². The van der Waals surface area contributed by atoms with Gasteiger partial charge in [-0.05, 0) is 25.3 Å². The normalized spacial score (nSPS) is 16.4. The first-order valence-electron chi connectivity index (χ1n) is 7.69. The van der Waals surface area contributed by atoms with Gasteiger partial charge < -0.3 is 15.2 Å². The fourth-order valence-electron chi connectivity index (χ4n) is 3.13. The van der Waals surface area contributed by atoms with Crippen LogP contribution in [0.3, 0.4) is 0 Å². The standard InChI is InChI=1S/C17H23NO4/c1-13-5-4-6-14(11-13)17(7-2-3-8-17)16(21)18-9-10-22-12-15(19)20/h4-6,11H,2-3,7-10,12H2,1H3,(H,18,21)(H,19,20). The highest BCUT2D eigenvalue weighted by Crippen LogP contribution is 2.41. The number of rotatable bonds is 7. The van der Waals surface area contributed by atoms with E-state index in [0.717, 1.165) is 36.8 Å². The second-order valence-electron chi connectivity index (χ2n) is 5.86. The van der Waals surface area contributed by atoms with E-state index in [0.29, 0.717) is 6.54 Å². The van der Waals surface area contributed by atoms with E-state index in [1.54, 1.807) is 0 Å². The molecule has 1 aromatic carbocycles. The van der Waals surface area contributed by atoms with Gasteiger partial charge in [0.25, 0.3) is 0 Å². The molecular weight excluding hydrogens is 282 g/mol. The smallest absolute Gasteiger partial charge is 0.329 e. The molecular formula is C17H23NO4. The topological polar surface area (TPSA) is 75.6 Å². The summed E-state index contributed by atoms with van der Waals surface area (Å²) in [4.78, 5) is 23.1. The minimum absolute atomic E-state index is 0.0227. The summed E-state index contributed by atoms with van der Waals surface area (Å²) < 4.78 is 4.95. The van der Waals surface area contributed by atoms with Crippen LogP contribution >= 0.6 is 0 Å². The molecule has 2 N–H and O–H groups in total. The molecule has 0 saturated heterocycles. The van der Waals surface area contributed by atoms with Crippen LogP contribution in [-0.4, -0.2) is 36.7 Å². The number of carbonyl (C=O) groups excluding carboxylic acids is 1. The number of hydrogen-bond acceptors (Lipinski definition) is 3. The van der Waals surface area contributed by atoms with Crippen molar-refractivity contribution in [3.63, 3.8) is 0 Å². The van der Waals surface area contributed by atoms with Crippen molar-refractivity contribution in [3.05, 3.63) is 35.4 Å². The van der Waals surface area contributed by atoms with Gasteiger partial charge in [-0.3, -0.25) is 4.79 Å². The molecule has 0 aromatic heterocycles. The maximum absolute atomic E-state index is 12.7. The van der Waals surface area contributed by atoms with Gasteiger partial charge in [-0.1, -0.05) is 42.7 Å². The maximum Gasteiger partial charge on any atom is 0.329 e. The zero-order valence-corrected chi connectivity index (χ0v) is 12.9. The highest BCUT2D eigenvalue weighted by atomic mass is 16.5. The van der Waals surface area contributed by atoms with E-state index in [-0.39, 0.29) is 19.1 Å². The first kappa shape index (κ1) is 16.5. The number of carbonyl (C=O) groups is 2. The zero-order valence-electron chi connectivity index (χ0n) is 12.9. The number of ether oxygens (including phenoxy) is 1. The molecule has 2 rings (SSSR count). The Hall–Kier alpha value is -1.88. The Kier molecular flexibility index (Phi) is 5.55. The Morgan fingerprint density at radius 3 is 2.68 bits per heavy atom. The van der Waals surface area contributed by atoms with Gasteiger partial charge in [0.2, 0.25) is 5.91 Å². The molecule has 0 atom stereocenters. The zero-order chi connectivity index (χ0) is 16.0. The van der Waals surface area contributed by atoms with Crippen molar-refractivity contribution in [2.45, 2.75) is 38.0 Å². The summed E-state index contributed by atoms with van der Waals surface area (Å²) in [5, 5.41) is 11.4. The molecule has 1 aromatic rings. The Bertz CT molecular complexity index is 535. The number of aliphatic carboxylic acids is 1. The predicted molar refractivity (Wildman–Crippen MR) is 82.8 cm³/mol. The van der Waals surface area contributed by atoms with Crippen molar-refractivity contribution in [2.75, 3.05) is 19.8 Å². The average molecular weight is 305 g/mol. The summed E-state index contributed by atoms with van der Waals surface area (Å²) in [6.07, 6.45) is 3.82. The summed E-state index contributed by atoms with van der Waals surface area (Å²) in [5.74, 6) is -0.979. The van der Waals surface area contributed by atoms with Crippen LogP contribution < -0.4 is 5.32 Å². The third-order valence-corrected chi connectivity index (χ3v) is 4.22. The molecule has 0 bridgehead atoms.